The summed E-state index contributed by atoms with van der Waals surface area (Å²) in [4.78, 5) is 12.2. The summed E-state index contributed by atoms with van der Waals surface area (Å²) in [6.45, 7) is 2.34. The number of carbonyl (C=O) groups is 1. The fraction of sp³-hybridized carbons (Fsp3) is 0.500. The summed E-state index contributed by atoms with van der Waals surface area (Å²) in [5.41, 5.74) is 0. The van der Waals surface area contributed by atoms with E-state index in [0.717, 1.165) is 6.42 Å². The summed E-state index contributed by atoms with van der Waals surface area (Å²) in [5, 5.41) is 5.16. The number of ether oxygens (including phenoxy) is 1. The number of nitrogens with one attached hydrogen (secondary N) is 1. The van der Waals surface area contributed by atoms with E-state index < -0.39 is 0 Å². The molecule has 1 rings (SSSR count). The van der Waals surface area contributed by atoms with Gasteiger partial charge in [0.15, 0.2) is 0 Å². The number of methoxy groups -OCH3 is 1. The molecule has 1 unspecified atom stereocenters. The Labute approximate surface area is 88.1 Å². The molecule has 0 aliphatic heterocycles. The summed E-state index contributed by atoms with van der Waals surface area (Å²) >= 11 is 1.74. The van der Waals surface area contributed by atoms with E-state index in [-0.39, 0.29) is 12.5 Å². The van der Waals surface area contributed by atoms with Gasteiger partial charge in [-0.15, -0.1) is 11.3 Å². The second-order valence-electron chi connectivity index (χ2n) is 3.14. The van der Waals surface area contributed by atoms with Crippen molar-refractivity contribution >= 4 is 17.3 Å². The number of hydrogen-bond donors (Lipinski definition) is 1. The van der Waals surface area contributed by atoms with Gasteiger partial charge in [-0.25, -0.2) is 0 Å². The van der Waals surface area contributed by atoms with Gasteiger partial charge in [0.1, 0.15) is 0 Å². The van der Waals surface area contributed by atoms with Crippen LogP contribution in [0.3, 0.4) is 0 Å². The van der Waals surface area contributed by atoms with Crippen molar-refractivity contribution in [3.8, 4) is 0 Å². The molecule has 0 aliphatic rings. The lowest BCUT2D eigenvalue weighted by molar-refractivity contribution is -0.139. The molecule has 0 spiro atoms. The van der Waals surface area contributed by atoms with E-state index in [1.54, 1.807) is 11.3 Å². The van der Waals surface area contributed by atoms with Gasteiger partial charge in [0.2, 0.25) is 0 Å². The molecule has 78 valence electrons. The first-order chi connectivity index (χ1) is 6.72. The number of esters is 1. The van der Waals surface area contributed by atoms with Crippen LogP contribution < -0.4 is 5.32 Å². The molecule has 0 aromatic carbocycles. The predicted octanol–water partition coefficient (Wildman–Crippen LogP) is 1.44. The van der Waals surface area contributed by atoms with E-state index in [1.807, 2.05) is 6.07 Å². The van der Waals surface area contributed by atoms with E-state index in [9.17, 15) is 4.79 Å². The van der Waals surface area contributed by atoms with Gasteiger partial charge >= 0.3 is 5.97 Å². The molecule has 1 heterocycles. The third kappa shape index (κ3) is 3.89. The Kier molecular flexibility index (Phi) is 4.62. The van der Waals surface area contributed by atoms with Gasteiger partial charge in [-0.3, -0.25) is 4.79 Å². The lowest BCUT2D eigenvalue weighted by Crippen LogP contribution is -2.33. The summed E-state index contributed by atoms with van der Waals surface area (Å²) in [6, 6.07) is 4.43. The van der Waals surface area contributed by atoms with Crippen molar-refractivity contribution in [1.82, 2.24) is 5.32 Å². The minimum absolute atomic E-state index is 0.219. The maximum Gasteiger partial charge on any atom is 0.319 e. The zero-order valence-electron chi connectivity index (χ0n) is 8.45. The lowest BCUT2D eigenvalue weighted by Gasteiger charge is -2.11. The van der Waals surface area contributed by atoms with Crippen LogP contribution in [0, 0.1) is 0 Å². The molecule has 0 bridgehead atoms. The quantitative estimate of drug-likeness (QED) is 0.752. The van der Waals surface area contributed by atoms with Crippen molar-refractivity contribution in [2.24, 2.45) is 0 Å². The minimum Gasteiger partial charge on any atom is -0.468 e. The van der Waals surface area contributed by atoms with Gasteiger partial charge in [0, 0.05) is 10.9 Å². The van der Waals surface area contributed by atoms with Crippen molar-refractivity contribution in [3.63, 3.8) is 0 Å². The summed E-state index contributed by atoms with van der Waals surface area (Å²) in [6.07, 6.45) is 0.953. The first-order valence-electron chi connectivity index (χ1n) is 4.55. The smallest absolute Gasteiger partial charge is 0.319 e. The average molecular weight is 213 g/mol. The Hall–Kier alpha value is -0.870. The van der Waals surface area contributed by atoms with E-state index in [4.69, 9.17) is 0 Å². The van der Waals surface area contributed by atoms with Crippen LogP contribution in [0.2, 0.25) is 0 Å². The zero-order valence-corrected chi connectivity index (χ0v) is 9.26. The van der Waals surface area contributed by atoms with Gasteiger partial charge < -0.3 is 10.1 Å². The maximum absolute atomic E-state index is 10.8. The molecule has 1 aromatic rings. The van der Waals surface area contributed by atoms with Gasteiger partial charge in [-0.1, -0.05) is 6.07 Å². The zero-order chi connectivity index (χ0) is 10.4. The third-order valence-electron chi connectivity index (χ3n) is 1.91. The Morgan fingerprint density at radius 2 is 2.50 bits per heavy atom. The highest BCUT2D eigenvalue weighted by molar-refractivity contribution is 7.09. The molecule has 0 fully saturated rings. The molecule has 3 nitrogen and oxygen atoms in total. The van der Waals surface area contributed by atoms with E-state index >= 15 is 0 Å². The van der Waals surface area contributed by atoms with Gasteiger partial charge in [-0.05, 0) is 24.8 Å². The second-order valence-corrected chi connectivity index (χ2v) is 4.17. The summed E-state index contributed by atoms with van der Waals surface area (Å²) < 4.78 is 4.54. The molecule has 1 N–H and O–H groups in total. The molecule has 14 heavy (non-hydrogen) atoms. The van der Waals surface area contributed by atoms with Gasteiger partial charge in [0.25, 0.3) is 0 Å². The van der Waals surface area contributed by atoms with Crippen LogP contribution in [0.1, 0.15) is 11.8 Å². The van der Waals surface area contributed by atoms with Crippen LogP contribution in [-0.2, 0) is 16.0 Å². The van der Waals surface area contributed by atoms with Crippen LogP contribution in [0.4, 0.5) is 0 Å². The van der Waals surface area contributed by atoms with Crippen molar-refractivity contribution in [2.75, 3.05) is 13.7 Å². The molecule has 4 heteroatoms. The van der Waals surface area contributed by atoms with E-state index in [0.29, 0.717) is 6.04 Å². The van der Waals surface area contributed by atoms with Crippen LogP contribution >= 0.6 is 11.3 Å². The van der Waals surface area contributed by atoms with E-state index in [2.05, 4.69) is 28.4 Å². The normalized spacial score (nSPS) is 12.4. The number of thiophene rings is 1. The van der Waals surface area contributed by atoms with Crippen LogP contribution in [0.15, 0.2) is 17.5 Å². The number of carbonyl (C=O) groups excluding carboxylic acids is 1. The first kappa shape index (κ1) is 11.2. The SMILES string of the molecule is COC(=O)CNC(C)Cc1cccs1. The van der Waals surface area contributed by atoms with Crippen molar-refractivity contribution in [3.05, 3.63) is 22.4 Å². The van der Waals surface area contributed by atoms with E-state index in [1.165, 1.54) is 12.0 Å². The topological polar surface area (TPSA) is 38.3 Å². The largest absolute Gasteiger partial charge is 0.468 e. The van der Waals surface area contributed by atoms with Crippen LogP contribution in [-0.4, -0.2) is 25.7 Å². The lowest BCUT2D eigenvalue weighted by atomic mass is 10.2. The van der Waals surface area contributed by atoms with Crippen molar-refractivity contribution in [1.29, 1.82) is 0 Å². The summed E-state index contributed by atoms with van der Waals surface area (Å²) in [7, 11) is 1.40. The minimum atomic E-state index is -0.219. The molecule has 0 saturated heterocycles. The van der Waals surface area contributed by atoms with Crippen molar-refractivity contribution < 1.29 is 9.53 Å². The maximum atomic E-state index is 10.8. The third-order valence-corrected chi connectivity index (χ3v) is 2.81. The van der Waals surface area contributed by atoms with Gasteiger partial charge in [0.05, 0.1) is 13.7 Å². The second kappa shape index (κ2) is 5.78. The summed E-state index contributed by atoms with van der Waals surface area (Å²) in [5.74, 6) is -0.219. The highest BCUT2D eigenvalue weighted by atomic mass is 32.1. The van der Waals surface area contributed by atoms with Crippen LogP contribution in [0.5, 0.6) is 0 Å². The molecular formula is C10H15NO2S. The Balaban J connectivity index is 2.22. The van der Waals surface area contributed by atoms with Gasteiger partial charge in [-0.2, -0.15) is 0 Å². The predicted molar refractivity (Wildman–Crippen MR) is 57.5 cm³/mol. The molecule has 0 amide bonds. The van der Waals surface area contributed by atoms with Crippen LogP contribution in [0.25, 0.3) is 0 Å². The average Bonchev–Trinajstić information content (AvgIpc) is 2.66. The monoisotopic (exact) mass is 213 g/mol. The fourth-order valence-corrected chi connectivity index (χ4v) is 1.97. The molecule has 0 saturated carbocycles. The highest BCUT2D eigenvalue weighted by Gasteiger charge is 2.06. The molecule has 1 aromatic heterocycles. The van der Waals surface area contributed by atoms with Crippen molar-refractivity contribution in [2.45, 2.75) is 19.4 Å². The fourth-order valence-electron chi connectivity index (χ4n) is 1.13. The molecule has 0 radical (unpaired) electrons. The number of rotatable bonds is 5. The Morgan fingerprint density at radius 3 is 3.07 bits per heavy atom. The standard InChI is InChI=1S/C10H15NO2S/c1-8(11-7-10(12)13-2)6-9-4-3-5-14-9/h3-5,8,11H,6-7H2,1-2H3. The number of hydrogen-bond acceptors (Lipinski definition) is 4. The Morgan fingerprint density at radius 1 is 1.71 bits per heavy atom. The molecule has 1 atom stereocenters. The molecule has 0 aliphatic carbocycles. The highest BCUT2D eigenvalue weighted by Crippen LogP contribution is 2.10. The Bertz CT molecular complexity index is 272. The molecular weight excluding hydrogens is 198 g/mol. The first-order valence-corrected chi connectivity index (χ1v) is 5.43.